The van der Waals surface area contributed by atoms with Crippen molar-refractivity contribution in [3.8, 4) is 0 Å². The molecule has 0 unspecified atom stereocenters. The second kappa shape index (κ2) is 11.0. The lowest BCUT2D eigenvalue weighted by Crippen LogP contribution is -3.00. The van der Waals surface area contributed by atoms with Crippen LogP contribution in [0.2, 0.25) is 0 Å². The summed E-state index contributed by atoms with van der Waals surface area (Å²) >= 11 is 0. The van der Waals surface area contributed by atoms with Gasteiger partial charge in [-0.1, -0.05) is 67.1 Å². The molecule has 1 fully saturated rings. The molecule has 0 amide bonds. The molecule has 126 valence electrons. The van der Waals surface area contributed by atoms with Gasteiger partial charge < -0.3 is 12.4 Å². The Morgan fingerprint density at radius 1 is 0.696 bits per heavy atom. The molecule has 0 bridgehead atoms. The van der Waals surface area contributed by atoms with Gasteiger partial charge in [0.15, 0.2) is 0 Å². The number of hydrogen-bond donors (Lipinski definition) is 0. The standard InChI is InChI=1S/C20H25S.2ClH/c1-4-10-18(11-5-1)16-21(20-14-8-3-9-15-20)17-19-12-6-2-7-13-19;;/h1-2,4-7,10-13,20H,3,8-9,14-17H2;2*1H/q+1;;/p-1. The minimum Gasteiger partial charge on any atom is -1.00 e. The quantitative estimate of drug-likeness (QED) is 0.711. The molecule has 1 saturated carbocycles. The summed E-state index contributed by atoms with van der Waals surface area (Å²) in [5, 5.41) is 0.944. The van der Waals surface area contributed by atoms with Gasteiger partial charge in [-0.25, -0.2) is 0 Å². The number of hydrogen-bond acceptors (Lipinski definition) is 0. The Hall–Kier alpha value is -0.630. The van der Waals surface area contributed by atoms with Gasteiger partial charge in [-0.15, -0.1) is 12.4 Å². The zero-order chi connectivity index (χ0) is 14.3. The van der Waals surface area contributed by atoms with E-state index in [1.54, 1.807) is 0 Å². The lowest BCUT2D eigenvalue weighted by molar-refractivity contribution is -0.00000448. The molecular weight excluding hydrogens is 343 g/mol. The Bertz CT molecular complexity index is 482. The molecule has 0 radical (unpaired) electrons. The van der Waals surface area contributed by atoms with E-state index in [1.165, 1.54) is 54.7 Å². The normalized spacial score (nSPS) is 14.8. The van der Waals surface area contributed by atoms with Crippen LogP contribution in [-0.2, 0) is 22.4 Å². The van der Waals surface area contributed by atoms with Crippen molar-refractivity contribution in [2.75, 3.05) is 0 Å². The Balaban J connectivity index is 0.00000132. The zero-order valence-electron chi connectivity index (χ0n) is 13.5. The lowest BCUT2D eigenvalue weighted by atomic mass is 10.0. The third-order valence-electron chi connectivity index (χ3n) is 4.41. The van der Waals surface area contributed by atoms with Crippen molar-refractivity contribution in [1.29, 1.82) is 0 Å². The van der Waals surface area contributed by atoms with Gasteiger partial charge in [0.2, 0.25) is 0 Å². The summed E-state index contributed by atoms with van der Waals surface area (Å²) in [7, 11) is 0.487. The maximum Gasteiger partial charge on any atom is 0.133 e. The van der Waals surface area contributed by atoms with Crippen LogP contribution in [0.3, 0.4) is 0 Å². The van der Waals surface area contributed by atoms with E-state index in [2.05, 4.69) is 60.7 Å². The first-order valence-corrected chi connectivity index (χ1v) is 9.78. The highest BCUT2D eigenvalue weighted by Gasteiger charge is 2.32. The highest BCUT2D eigenvalue weighted by molar-refractivity contribution is 7.96. The molecule has 0 heterocycles. The van der Waals surface area contributed by atoms with Gasteiger partial charge >= 0.3 is 0 Å². The first-order valence-electron chi connectivity index (χ1n) is 8.16. The van der Waals surface area contributed by atoms with Crippen molar-refractivity contribution in [2.24, 2.45) is 0 Å². The van der Waals surface area contributed by atoms with Gasteiger partial charge in [0.25, 0.3) is 0 Å². The molecule has 1 aliphatic rings. The Labute approximate surface area is 156 Å². The molecule has 0 nitrogen and oxygen atoms in total. The molecule has 2 aromatic rings. The van der Waals surface area contributed by atoms with E-state index in [1.807, 2.05) is 0 Å². The fourth-order valence-corrected chi connectivity index (χ4v) is 6.08. The van der Waals surface area contributed by atoms with Crippen LogP contribution in [0.25, 0.3) is 0 Å². The first-order chi connectivity index (χ1) is 10.4. The second-order valence-electron chi connectivity index (χ2n) is 6.06. The highest BCUT2D eigenvalue weighted by Crippen LogP contribution is 2.30. The topological polar surface area (TPSA) is 0 Å². The van der Waals surface area contributed by atoms with Crippen molar-refractivity contribution >= 4 is 23.3 Å². The van der Waals surface area contributed by atoms with Crippen molar-refractivity contribution in [3.63, 3.8) is 0 Å². The van der Waals surface area contributed by atoms with E-state index >= 15 is 0 Å². The molecule has 1 aliphatic carbocycles. The van der Waals surface area contributed by atoms with Gasteiger partial charge in [0.1, 0.15) is 16.8 Å². The second-order valence-corrected chi connectivity index (χ2v) is 8.38. The van der Waals surface area contributed by atoms with E-state index in [-0.39, 0.29) is 24.8 Å². The fourth-order valence-electron chi connectivity index (χ4n) is 3.26. The summed E-state index contributed by atoms with van der Waals surface area (Å²) in [6.07, 6.45) is 7.23. The Morgan fingerprint density at radius 3 is 1.57 bits per heavy atom. The summed E-state index contributed by atoms with van der Waals surface area (Å²) in [5.41, 5.74) is 3.03. The lowest BCUT2D eigenvalue weighted by Gasteiger charge is -2.23. The molecule has 0 N–H and O–H groups in total. The average molecular weight is 369 g/mol. The molecule has 3 rings (SSSR count). The maximum atomic E-state index is 2.30. The summed E-state index contributed by atoms with van der Waals surface area (Å²) in [6, 6.07) is 22.2. The van der Waals surface area contributed by atoms with E-state index in [9.17, 15) is 0 Å². The van der Waals surface area contributed by atoms with Crippen LogP contribution in [0.1, 0.15) is 43.2 Å². The predicted octanol–water partition coefficient (Wildman–Crippen LogP) is 2.76. The third kappa shape index (κ3) is 6.41. The summed E-state index contributed by atoms with van der Waals surface area (Å²) in [4.78, 5) is 0. The SMILES string of the molecule is Cl.[Cl-].c1ccc(C[S+](Cc2ccccc2)C2CCCCC2)cc1. The van der Waals surface area contributed by atoms with Crippen LogP contribution in [0.5, 0.6) is 0 Å². The largest absolute Gasteiger partial charge is 1.00 e. The fraction of sp³-hybridized carbons (Fsp3) is 0.400. The number of benzene rings is 2. The molecular formula is C20H26Cl2S. The molecule has 0 spiro atoms. The average Bonchev–Trinajstić information content (AvgIpc) is 2.57. The van der Waals surface area contributed by atoms with Crippen LogP contribution in [0.15, 0.2) is 60.7 Å². The van der Waals surface area contributed by atoms with Crippen LogP contribution in [0, 0.1) is 0 Å². The van der Waals surface area contributed by atoms with E-state index in [0.717, 1.165) is 5.25 Å². The molecule has 2 aromatic carbocycles. The van der Waals surface area contributed by atoms with Gasteiger partial charge in [-0.2, -0.15) is 0 Å². The van der Waals surface area contributed by atoms with Crippen LogP contribution in [0.4, 0.5) is 0 Å². The zero-order valence-corrected chi connectivity index (χ0v) is 15.9. The van der Waals surface area contributed by atoms with Crippen LogP contribution in [-0.4, -0.2) is 5.25 Å². The number of rotatable bonds is 5. The molecule has 0 atom stereocenters. The number of halogens is 2. The van der Waals surface area contributed by atoms with Gasteiger partial charge in [-0.3, -0.25) is 0 Å². The minimum atomic E-state index is 0. The Kier molecular flexibility index (Phi) is 9.78. The van der Waals surface area contributed by atoms with Crippen LogP contribution >= 0.6 is 12.4 Å². The Morgan fingerprint density at radius 2 is 1.13 bits per heavy atom. The monoisotopic (exact) mass is 368 g/mol. The van der Waals surface area contributed by atoms with Crippen molar-refractivity contribution in [1.82, 2.24) is 0 Å². The van der Waals surface area contributed by atoms with Crippen LogP contribution < -0.4 is 12.4 Å². The van der Waals surface area contributed by atoms with E-state index < -0.39 is 0 Å². The van der Waals surface area contributed by atoms with Crippen molar-refractivity contribution in [2.45, 2.75) is 48.9 Å². The summed E-state index contributed by atoms with van der Waals surface area (Å²) in [5.74, 6) is 2.53. The van der Waals surface area contributed by atoms with E-state index in [4.69, 9.17) is 0 Å². The predicted molar refractivity (Wildman–Crippen MR) is 102 cm³/mol. The van der Waals surface area contributed by atoms with Gasteiger partial charge in [0.05, 0.1) is 0 Å². The summed E-state index contributed by atoms with van der Waals surface area (Å²) < 4.78 is 0. The molecule has 0 aromatic heterocycles. The van der Waals surface area contributed by atoms with Crippen molar-refractivity contribution in [3.05, 3.63) is 71.8 Å². The first kappa shape index (κ1) is 20.4. The molecule has 23 heavy (non-hydrogen) atoms. The van der Waals surface area contributed by atoms with Gasteiger partial charge in [0, 0.05) is 11.1 Å². The summed E-state index contributed by atoms with van der Waals surface area (Å²) in [6.45, 7) is 0. The van der Waals surface area contributed by atoms with Crippen molar-refractivity contribution < 1.29 is 12.4 Å². The minimum absolute atomic E-state index is 0. The third-order valence-corrected chi connectivity index (χ3v) is 7.24. The smallest absolute Gasteiger partial charge is 0.133 e. The van der Waals surface area contributed by atoms with Gasteiger partial charge in [-0.05, 0) is 36.6 Å². The maximum absolute atomic E-state index is 2.30. The molecule has 3 heteroatoms. The molecule has 0 saturated heterocycles. The highest BCUT2D eigenvalue weighted by atomic mass is 35.5. The van der Waals surface area contributed by atoms with E-state index in [0.29, 0.717) is 10.9 Å². The molecule has 0 aliphatic heterocycles.